The third-order valence-electron chi connectivity index (χ3n) is 4.92. The lowest BCUT2D eigenvalue weighted by Gasteiger charge is -2.18. The SMILES string of the molecule is CCn1c(C)cc(C(=O)CSc2nnc(-c3ccc(C(C)(C)C)cc3)o2)c1C. The Bertz CT molecular complexity index is 978. The zero-order chi connectivity index (χ0) is 20.5. The molecule has 5 nitrogen and oxygen atoms in total. The summed E-state index contributed by atoms with van der Waals surface area (Å²) in [5.74, 6) is 0.824. The summed E-state index contributed by atoms with van der Waals surface area (Å²) in [6.07, 6.45) is 0. The first-order valence-electron chi connectivity index (χ1n) is 9.48. The van der Waals surface area contributed by atoms with Gasteiger partial charge in [0.2, 0.25) is 5.89 Å². The molecule has 0 radical (unpaired) electrons. The number of ketones is 1. The van der Waals surface area contributed by atoms with Crippen molar-refractivity contribution in [3.63, 3.8) is 0 Å². The molecule has 1 aromatic carbocycles. The Morgan fingerprint density at radius 1 is 1.14 bits per heavy atom. The number of benzene rings is 1. The number of carbonyl (C=O) groups is 1. The van der Waals surface area contributed by atoms with Crippen LogP contribution in [-0.4, -0.2) is 26.3 Å². The van der Waals surface area contributed by atoms with Gasteiger partial charge in [-0.3, -0.25) is 4.79 Å². The van der Waals surface area contributed by atoms with Crippen molar-refractivity contribution < 1.29 is 9.21 Å². The summed E-state index contributed by atoms with van der Waals surface area (Å²) < 4.78 is 7.89. The smallest absolute Gasteiger partial charge is 0.277 e. The van der Waals surface area contributed by atoms with E-state index >= 15 is 0 Å². The van der Waals surface area contributed by atoms with Crippen molar-refractivity contribution in [1.29, 1.82) is 0 Å². The van der Waals surface area contributed by atoms with E-state index in [1.807, 2.05) is 32.0 Å². The van der Waals surface area contributed by atoms with E-state index in [1.54, 1.807) is 0 Å². The Morgan fingerprint density at radius 2 is 1.82 bits per heavy atom. The van der Waals surface area contributed by atoms with Crippen LogP contribution in [0.3, 0.4) is 0 Å². The largest absolute Gasteiger partial charge is 0.411 e. The van der Waals surface area contributed by atoms with Crippen molar-refractivity contribution in [3.05, 3.63) is 52.8 Å². The number of thioether (sulfide) groups is 1. The van der Waals surface area contributed by atoms with Gasteiger partial charge in [-0.15, -0.1) is 10.2 Å². The van der Waals surface area contributed by atoms with Gasteiger partial charge in [-0.05, 0) is 49.9 Å². The van der Waals surface area contributed by atoms with Gasteiger partial charge in [-0.25, -0.2) is 0 Å². The van der Waals surface area contributed by atoms with E-state index in [1.165, 1.54) is 17.3 Å². The van der Waals surface area contributed by atoms with Gasteiger partial charge in [-0.1, -0.05) is 44.7 Å². The average Bonchev–Trinajstić information content (AvgIpc) is 3.23. The van der Waals surface area contributed by atoms with E-state index < -0.39 is 0 Å². The van der Waals surface area contributed by atoms with Crippen LogP contribution in [0.25, 0.3) is 11.5 Å². The monoisotopic (exact) mass is 397 g/mol. The van der Waals surface area contributed by atoms with Crippen molar-refractivity contribution in [2.75, 3.05) is 5.75 Å². The molecule has 2 aromatic heterocycles. The van der Waals surface area contributed by atoms with Crippen LogP contribution < -0.4 is 0 Å². The quantitative estimate of drug-likeness (QED) is 0.409. The van der Waals surface area contributed by atoms with Gasteiger partial charge >= 0.3 is 0 Å². The second-order valence-corrected chi connectivity index (χ2v) is 8.87. The maximum atomic E-state index is 12.6. The standard InChI is InChI=1S/C22H27N3O2S/c1-7-25-14(2)12-18(15(25)3)19(26)13-28-21-24-23-20(27-21)16-8-10-17(11-9-16)22(4,5)6/h8-12H,7,13H2,1-6H3. The number of Topliss-reactive ketones (excluding diaryl/α,β-unsaturated/α-hetero) is 1. The number of nitrogens with zero attached hydrogens (tertiary/aromatic N) is 3. The molecular weight excluding hydrogens is 370 g/mol. The van der Waals surface area contributed by atoms with Crippen LogP contribution in [-0.2, 0) is 12.0 Å². The Kier molecular flexibility index (Phi) is 5.79. The van der Waals surface area contributed by atoms with Crippen LogP contribution in [0.15, 0.2) is 40.0 Å². The van der Waals surface area contributed by atoms with Crippen molar-refractivity contribution in [3.8, 4) is 11.5 Å². The summed E-state index contributed by atoms with van der Waals surface area (Å²) in [4.78, 5) is 12.6. The first kappa shape index (κ1) is 20.4. The molecule has 0 aliphatic rings. The lowest BCUT2D eigenvalue weighted by Crippen LogP contribution is -2.10. The molecule has 6 heteroatoms. The van der Waals surface area contributed by atoms with E-state index in [9.17, 15) is 4.79 Å². The van der Waals surface area contributed by atoms with E-state index in [-0.39, 0.29) is 17.0 Å². The molecular formula is C22H27N3O2S. The maximum Gasteiger partial charge on any atom is 0.277 e. The van der Waals surface area contributed by atoms with Crippen molar-refractivity contribution in [2.45, 2.75) is 58.7 Å². The molecule has 0 aliphatic carbocycles. The minimum atomic E-state index is 0.0760. The molecule has 28 heavy (non-hydrogen) atoms. The van der Waals surface area contributed by atoms with Crippen molar-refractivity contribution in [1.82, 2.24) is 14.8 Å². The first-order chi connectivity index (χ1) is 13.2. The fraction of sp³-hybridized carbons (Fsp3) is 0.409. The van der Waals surface area contributed by atoms with Crippen molar-refractivity contribution >= 4 is 17.5 Å². The van der Waals surface area contributed by atoms with E-state index in [4.69, 9.17) is 4.42 Å². The summed E-state index contributed by atoms with van der Waals surface area (Å²) in [7, 11) is 0. The predicted octanol–water partition coefficient (Wildman–Crippen LogP) is 5.45. The summed E-state index contributed by atoms with van der Waals surface area (Å²) >= 11 is 1.28. The summed E-state index contributed by atoms with van der Waals surface area (Å²) in [5, 5.41) is 8.61. The zero-order valence-corrected chi connectivity index (χ0v) is 18.2. The third-order valence-corrected chi connectivity index (χ3v) is 5.74. The number of rotatable bonds is 6. The number of hydrogen-bond acceptors (Lipinski definition) is 5. The molecule has 148 valence electrons. The number of aromatic nitrogens is 3. The molecule has 0 N–H and O–H groups in total. The Morgan fingerprint density at radius 3 is 2.39 bits per heavy atom. The van der Waals surface area contributed by atoms with Gasteiger partial charge < -0.3 is 8.98 Å². The van der Waals surface area contributed by atoms with Crippen molar-refractivity contribution in [2.24, 2.45) is 0 Å². The highest BCUT2D eigenvalue weighted by molar-refractivity contribution is 7.99. The zero-order valence-electron chi connectivity index (χ0n) is 17.4. The van der Waals surface area contributed by atoms with Gasteiger partial charge in [0, 0.05) is 29.1 Å². The number of aryl methyl sites for hydroxylation is 1. The van der Waals surface area contributed by atoms with Gasteiger partial charge in [0.25, 0.3) is 5.22 Å². The van der Waals surface area contributed by atoms with Gasteiger partial charge in [0.05, 0.1) is 5.75 Å². The van der Waals surface area contributed by atoms with E-state index in [0.29, 0.717) is 11.1 Å². The molecule has 0 saturated carbocycles. The fourth-order valence-electron chi connectivity index (χ4n) is 3.27. The minimum absolute atomic E-state index is 0.0760. The third kappa shape index (κ3) is 4.22. The van der Waals surface area contributed by atoms with Gasteiger partial charge in [0.1, 0.15) is 0 Å². The molecule has 3 rings (SSSR count). The minimum Gasteiger partial charge on any atom is -0.411 e. The average molecular weight is 398 g/mol. The highest BCUT2D eigenvalue weighted by atomic mass is 32.2. The van der Waals surface area contributed by atoms with Gasteiger partial charge in [0.15, 0.2) is 5.78 Å². The van der Waals surface area contributed by atoms with Crippen LogP contribution in [0, 0.1) is 13.8 Å². The Hall–Kier alpha value is -2.34. The van der Waals surface area contributed by atoms with Crippen LogP contribution in [0.2, 0.25) is 0 Å². The summed E-state index contributed by atoms with van der Waals surface area (Å²) in [5.41, 5.74) is 5.11. The molecule has 0 atom stereocenters. The highest BCUT2D eigenvalue weighted by Gasteiger charge is 2.18. The van der Waals surface area contributed by atoms with Crippen LogP contribution in [0.5, 0.6) is 0 Å². The second-order valence-electron chi connectivity index (χ2n) is 7.94. The Balaban J connectivity index is 1.67. The molecule has 2 heterocycles. The highest BCUT2D eigenvalue weighted by Crippen LogP contribution is 2.28. The lowest BCUT2D eigenvalue weighted by atomic mass is 9.87. The molecule has 0 unspecified atom stereocenters. The Labute approximate surface area is 170 Å². The molecule has 0 spiro atoms. The summed E-state index contributed by atoms with van der Waals surface area (Å²) in [6, 6.07) is 10.1. The maximum absolute atomic E-state index is 12.6. The summed E-state index contributed by atoms with van der Waals surface area (Å²) in [6.45, 7) is 13.5. The van der Waals surface area contributed by atoms with Crippen LogP contribution in [0.1, 0.15) is 55.0 Å². The van der Waals surface area contributed by atoms with E-state index in [0.717, 1.165) is 29.1 Å². The van der Waals surface area contributed by atoms with E-state index in [2.05, 4.69) is 54.6 Å². The normalized spacial score (nSPS) is 11.8. The predicted molar refractivity (Wildman–Crippen MR) is 113 cm³/mol. The first-order valence-corrected chi connectivity index (χ1v) is 10.5. The molecule has 0 aliphatic heterocycles. The second kappa shape index (κ2) is 7.95. The molecule has 0 bridgehead atoms. The topological polar surface area (TPSA) is 60.9 Å². The van der Waals surface area contributed by atoms with Gasteiger partial charge in [-0.2, -0.15) is 0 Å². The number of carbonyl (C=O) groups excluding carboxylic acids is 1. The molecule has 0 fully saturated rings. The molecule has 0 saturated heterocycles. The lowest BCUT2D eigenvalue weighted by molar-refractivity contribution is 0.102. The fourth-order valence-corrected chi connectivity index (χ4v) is 3.92. The van der Waals surface area contributed by atoms with Crippen LogP contribution >= 0.6 is 11.8 Å². The molecule has 3 aromatic rings. The molecule has 0 amide bonds. The van der Waals surface area contributed by atoms with Crippen LogP contribution in [0.4, 0.5) is 0 Å². The number of hydrogen-bond donors (Lipinski definition) is 0.